The highest BCUT2D eigenvalue weighted by Crippen LogP contribution is 2.59. The SMILES string of the molecule is C=CCN1C(=O)[C@@H]2[C@H](C(=O)NC3CCCCC3)[C@@]3(C)C=C[C@@]2(O3)[C@H]1C(=O)NC(C)(C)C. The van der Waals surface area contributed by atoms with E-state index < -0.39 is 34.6 Å². The zero-order valence-electron chi connectivity index (χ0n) is 19.1. The number of amides is 3. The second-order valence-corrected chi connectivity index (χ2v) is 10.7. The Morgan fingerprint density at radius 2 is 1.90 bits per heavy atom. The summed E-state index contributed by atoms with van der Waals surface area (Å²) >= 11 is 0. The summed E-state index contributed by atoms with van der Waals surface area (Å²) in [6.07, 6.45) is 10.7. The lowest BCUT2D eigenvalue weighted by molar-refractivity contribution is -0.145. The third-order valence-corrected chi connectivity index (χ3v) is 7.10. The van der Waals surface area contributed by atoms with Crippen molar-refractivity contribution < 1.29 is 19.1 Å². The van der Waals surface area contributed by atoms with Crippen LogP contribution in [0.2, 0.25) is 0 Å². The Balaban J connectivity index is 1.68. The van der Waals surface area contributed by atoms with Gasteiger partial charge in [-0.3, -0.25) is 14.4 Å². The van der Waals surface area contributed by atoms with Gasteiger partial charge in [0.1, 0.15) is 11.6 Å². The molecule has 2 saturated heterocycles. The fraction of sp³-hybridized carbons (Fsp3) is 0.708. The van der Waals surface area contributed by atoms with Crippen molar-refractivity contribution in [2.75, 3.05) is 6.54 Å². The molecular weight excluding hydrogens is 394 g/mol. The second-order valence-electron chi connectivity index (χ2n) is 10.7. The van der Waals surface area contributed by atoms with Crippen LogP contribution in [0.25, 0.3) is 0 Å². The average Bonchev–Trinajstić information content (AvgIpc) is 3.23. The molecular formula is C24H35N3O4. The van der Waals surface area contributed by atoms with E-state index >= 15 is 0 Å². The van der Waals surface area contributed by atoms with Gasteiger partial charge in [0.05, 0.1) is 17.4 Å². The molecule has 7 nitrogen and oxygen atoms in total. The number of nitrogens with one attached hydrogen (secondary N) is 2. The smallest absolute Gasteiger partial charge is 0.246 e. The molecule has 3 aliphatic heterocycles. The van der Waals surface area contributed by atoms with Gasteiger partial charge in [-0.25, -0.2) is 0 Å². The molecule has 4 aliphatic rings. The van der Waals surface area contributed by atoms with Crippen molar-refractivity contribution >= 4 is 17.7 Å². The first kappa shape index (κ1) is 22.1. The summed E-state index contributed by atoms with van der Waals surface area (Å²) in [5.74, 6) is -2.01. The van der Waals surface area contributed by atoms with Crippen molar-refractivity contribution in [2.24, 2.45) is 11.8 Å². The second kappa shape index (κ2) is 7.47. The molecule has 170 valence electrons. The number of rotatable bonds is 5. The van der Waals surface area contributed by atoms with Gasteiger partial charge in [0, 0.05) is 18.1 Å². The van der Waals surface area contributed by atoms with E-state index in [9.17, 15) is 14.4 Å². The molecule has 1 saturated carbocycles. The maximum Gasteiger partial charge on any atom is 0.246 e. The highest BCUT2D eigenvalue weighted by Gasteiger charge is 2.76. The molecule has 3 heterocycles. The third kappa shape index (κ3) is 3.51. The summed E-state index contributed by atoms with van der Waals surface area (Å²) in [5.41, 5.74) is -2.50. The Morgan fingerprint density at radius 3 is 2.52 bits per heavy atom. The standard InChI is InChI=1S/C24H35N3O4/c1-6-14-27-18(20(29)26-22(2,3)4)24-13-12-23(5,31-24)16(17(24)21(27)30)19(28)25-15-10-8-7-9-11-15/h6,12-13,15-18H,1,7-11,14H2,2-5H3,(H,25,28)(H,26,29)/t16-,17+,18-,23-,24+/m1/s1. The Hall–Kier alpha value is -2.15. The maximum atomic E-state index is 13.6. The van der Waals surface area contributed by atoms with E-state index in [0.29, 0.717) is 0 Å². The van der Waals surface area contributed by atoms with Crippen molar-refractivity contribution in [3.05, 3.63) is 24.8 Å². The molecule has 2 bridgehead atoms. The summed E-state index contributed by atoms with van der Waals surface area (Å²) in [6, 6.07) is -0.697. The summed E-state index contributed by atoms with van der Waals surface area (Å²) in [6.45, 7) is 11.5. The largest absolute Gasteiger partial charge is 0.356 e. The van der Waals surface area contributed by atoms with Gasteiger partial charge in [0.2, 0.25) is 17.7 Å². The quantitative estimate of drug-likeness (QED) is 0.655. The number of hydrogen-bond acceptors (Lipinski definition) is 4. The van der Waals surface area contributed by atoms with Gasteiger partial charge in [0.15, 0.2) is 0 Å². The lowest BCUT2D eigenvalue weighted by atomic mass is 9.70. The summed E-state index contributed by atoms with van der Waals surface area (Å²) in [7, 11) is 0. The van der Waals surface area contributed by atoms with Gasteiger partial charge < -0.3 is 20.3 Å². The van der Waals surface area contributed by atoms with Crippen LogP contribution in [-0.4, -0.2) is 58.0 Å². The van der Waals surface area contributed by atoms with Crippen molar-refractivity contribution in [1.29, 1.82) is 0 Å². The molecule has 0 unspecified atom stereocenters. The predicted octanol–water partition coefficient (Wildman–Crippen LogP) is 2.08. The lowest BCUT2D eigenvalue weighted by Crippen LogP contribution is -2.58. The first-order chi connectivity index (χ1) is 14.5. The number of fused-ring (bicyclic) bond motifs is 1. The number of nitrogens with zero attached hydrogens (tertiary/aromatic N) is 1. The number of carbonyl (C=O) groups excluding carboxylic acids is 3. The van der Waals surface area contributed by atoms with Crippen LogP contribution in [0, 0.1) is 11.8 Å². The first-order valence-corrected chi connectivity index (χ1v) is 11.5. The van der Waals surface area contributed by atoms with E-state index in [2.05, 4.69) is 17.2 Å². The Labute approximate surface area is 184 Å². The highest BCUT2D eigenvalue weighted by atomic mass is 16.5. The Morgan fingerprint density at radius 1 is 1.23 bits per heavy atom. The molecule has 2 N–H and O–H groups in total. The zero-order valence-corrected chi connectivity index (χ0v) is 19.1. The molecule has 0 aromatic rings. The third-order valence-electron chi connectivity index (χ3n) is 7.10. The highest BCUT2D eigenvalue weighted by molar-refractivity contribution is 6.00. The van der Waals surface area contributed by atoms with Crippen molar-refractivity contribution in [3.63, 3.8) is 0 Å². The van der Waals surface area contributed by atoms with Gasteiger partial charge >= 0.3 is 0 Å². The van der Waals surface area contributed by atoms with E-state index in [0.717, 1.165) is 25.7 Å². The molecule has 5 atom stereocenters. The van der Waals surface area contributed by atoms with Crippen LogP contribution < -0.4 is 10.6 Å². The predicted molar refractivity (Wildman–Crippen MR) is 117 cm³/mol. The molecule has 4 rings (SSSR count). The molecule has 1 spiro atoms. The van der Waals surface area contributed by atoms with Gasteiger partial charge in [-0.2, -0.15) is 0 Å². The minimum atomic E-state index is -1.14. The minimum absolute atomic E-state index is 0.143. The van der Waals surface area contributed by atoms with E-state index in [1.165, 1.54) is 11.3 Å². The van der Waals surface area contributed by atoms with Crippen LogP contribution >= 0.6 is 0 Å². The molecule has 0 aromatic heterocycles. The number of likely N-dealkylation sites (tertiary alicyclic amines) is 1. The van der Waals surface area contributed by atoms with Crippen LogP contribution in [0.15, 0.2) is 24.8 Å². The fourth-order valence-electron chi connectivity index (χ4n) is 5.94. The summed E-state index contributed by atoms with van der Waals surface area (Å²) in [4.78, 5) is 41.9. The topological polar surface area (TPSA) is 87.7 Å². The average molecular weight is 430 g/mol. The van der Waals surface area contributed by atoms with Gasteiger partial charge in [-0.1, -0.05) is 37.5 Å². The van der Waals surface area contributed by atoms with Gasteiger partial charge in [-0.15, -0.1) is 6.58 Å². The Kier molecular flexibility index (Phi) is 5.31. The van der Waals surface area contributed by atoms with Crippen LogP contribution in [0.3, 0.4) is 0 Å². The number of hydrogen-bond donors (Lipinski definition) is 2. The van der Waals surface area contributed by atoms with Crippen LogP contribution in [-0.2, 0) is 19.1 Å². The molecule has 0 aromatic carbocycles. The number of carbonyl (C=O) groups is 3. The summed E-state index contributed by atoms with van der Waals surface area (Å²) in [5, 5.41) is 6.19. The van der Waals surface area contributed by atoms with Crippen LogP contribution in [0.5, 0.6) is 0 Å². The molecule has 0 radical (unpaired) electrons. The van der Waals surface area contributed by atoms with E-state index in [1.54, 1.807) is 6.08 Å². The Bertz CT molecular complexity index is 825. The maximum absolute atomic E-state index is 13.6. The normalized spacial score (nSPS) is 37.1. The van der Waals surface area contributed by atoms with E-state index in [-0.39, 0.29) is 30.3 Å². The first-order valence-electron chi connectivity index (χ1n) is 11.5. The molecule has 3 amide bonds. The van der Waals surface area contributed by atoms with Crippen molar-refractivity contribution in [2.45, 2.75) is 88.6 Å². The van der Waals surface area contributed by atoms with Crippen molar-refractivity contribution in [3.8, 4) is 0 Å². The lowest BCUT2D eigenvalue weighted by Gasteiger charge is -2.34. The molecule has 1 aliphatic carbocycles. The molecule has 7 heteroatoms. The van der Waals surface area contributed by atoms with E-state index in [1.807, 2.05) is 39.8 Å². The van der Waals surface area contributed by atoms with Crippen molar-refractivity contribution in [1.82, 2.24) is 15.5 Å². The van der Waals surface area contributed by atoms with Gasteiger partial charge in [0.25, 0.3) is 0 Å². The summed E-state index contributed by atoms with van der Waals surface area (Å²) < 4.78 is 6.46. The van der Waals surface area contributed by atoms with Crippen LogP contribution in [0.4, 0.5) is 0 Å². The molecule has 31 heavy (non-hydrogen) atoms. The minimum Gasteiger partial charge on any atom is -0.356 e. The zero-order chi connectivity index (χ0) is 22.6. The molecule has 3 fully saturated rings. The monoisotopic (exact) mass is 429 g/mol. The van der Waals surface area contributed by atoms with Crippen LogP contribution in [0.1, 0.15) is 59.8 Å². The van der Waals surface area contributed by atoms with Gasteiger partial charge in [-0.05, 0) is 40.5 Å². The number of ether oxygens (including phenoxy) is 1. The fourth-order valence-corrected chi connectivity index (χ4v) is 5.94. The van der Waals surface area contributed by atoms with E-state index in [4.69, 9.17) is 4.74 Å².